The predicted octanol–water partition coefficient (Wildman–Crippen LogP) is 4.44. The van der Waals surface area contributed by atoms with E-state index in [-0.39, 0.29) is 5.97 Å². The normalized spacial score (nSPS) is 10.6. The molecule has 0 aliphatic heterocycles. The Hall–Kier alpha value is -2.53. The maximum Gasteiger partial charge on any atom is 0.345 e. The standard InChI is InChI=1S/C19H19NO3S/c1-13-11-16(14(2)20(13)12-15-7-6-10-24-15)19(21)23-18-9-5-4-8-17(18)22-3/h4-11H,12H2,1-3H3. The van der Waals surface area contributed by atoms with Gasteiger partial charge in [0.15, 0.2) is 11.5 Å². The van der Waals surface area contributed by atoms with Gasteiger partial charge in [-0.2, -0.15) is 0 Å². The van der Waals surface area contributed by atoms with Crippen molar-refractivity contribution in [1.82, 2.24) is 4.57 Å². The number of aromatic nitrogens is 1. The Morgan fingerprint density at radius 3 is 2.54 bits per heavy atom. The summed E-state index contributed by atoms with van der Waals surface area (Å²) in [5.74, 6) is 0.594. The second-order valence-electron chi connectivity index (χ2n) is 5.49. The highest BCUT2D eigenvalue weighted by Crippen LogP contribution is 2.28. The molecule has 4 nitrogen and oxygen atoms in total. The van der Waals surface area contributed by atoms with Crippen molar-refractivity contribution in [1.29, 1.82) is 0 Å². The number of carbonyl (C=O) groups excluding carboxylic acids is 1. The Morgan fingerprint density at radius 1 is 1.12 bits per heavy atom. The molecule has 5 heteroatoms. The van der Waals surface area contributed by atoms with E-state index in [1.807, 2.05) is 38.1 Å². The summed E-state index contributed by atoms with van der Waals surface area (Å²) in [5, 5.41) is 2.06. The first kappa shape index (κ1) is 16.3. The molecule has 3 rings (SSSR count). The summed E-state index contributed by atoms with van der Waals surface area (Å²) in [5.41, 5.74) is 2.52. The predicted molar refractivity (Wildman–Crippen MR) is 95.3 cm³/mol. The van der Waals surface area contributed by atoms with Gasteiger partial charge in [0.2, 0.25) is 0 Å². The molecule has 0 N–H and O–H groups in total. The number of hydrogen-bond donors (Lipinski definition) is 0. The van der Waals surface area contributed by atoms with Crippen LogP contribution in [0.5, 0.6) is 11.5 Å². The topological polar surface area (TPSA) is 40.5 Å². The number of thiophene rings is 1. The first-order valence-electron chi connectivity index (χ1n) is 7.64. The van der Waals surface area contributed by atoms with Crippen LogP contribution in [0.15, 0.2) is 47.8 Å². The van der Waals surface area contributed by atoms with Crippen LogP contribution in [0, 0.1) is 13.8 Å². The van der Waals surface area contributed by atoms with Crippen LogP contribution in [0.2, 0.25) is 0 Å². The number of rotatable bonds is 5. The summed E-state index contributed by atoms with van der Waals surface area (Å²) in [4.78, 5) is 13.8. The third-order valence-corrected chi connectivity index (χ3v) is 4.82. The van der Waals surface area contributed by atoms with Crippen molar-refractivity contribution >= 4 is 17.3 Å². The Labute approximate surface area is 145 Å². The van der Waals surface area contributed by atoms with Crippen LogP contribution >= 0.6 is 11.3 Å². The zero-order valence-corrected chi connectivity index (χ0v) is 14.7. The van der Waals surface area contributed by atoms with Gasteiger partial charge in [0, 0.05) is 16.3 Å². The maximum absolute atomic E-state index is 12.6. The zero-order chi connectivity index (χ0) is 17.1. The number of para-hydroxylation sites is 2. The van der Waals surface area contributed by atoms with E-state index >= 15 is 0 Å². The molecule has 0 aliphatic rings. The monoisotopic (exact) mass is 341 g/mol. The van der Waals surface area contributed by atoms with Gasteiger partial charge in [0.25, 0.3) is 0 Å². The zero-order valence-electron chi connectivity index (χ0n) is 13.9. The molecule has 1 aromatic carbocycles. The van der Waals surface area contributed by atoms with E-state index in [2.05, 4.69) is 16.0 Å². The van der Waals surface area contributed by atoms with E-state index in [1.165, 1.54) is 4.88 Å². The quantitative estimate of drug-likeness (QED) is 0.509. The molecule has 0 saturated heterocycles. The van der Waals surface area contributed by atoms with Gasteiger partial charge in [0.05, 0.1) is 19.2 Å². The van der Waals surface area contributed by atoms with E-state index in [9.17, 15) is 4.79 Å². The van der Waals surface area contributed by atoms with Gasteiger partial charge >= 0.3 is 5.97 Å². The summed E-state index contributed by atoms with van der Waals surface area (Å²) in [7, 11) is 1.56. The molecule has 0 unspecified atom stereocenters. The van der Waals surface area contributed by atoms with Crippen molar-refractivity contribution < 1.29 is 14.3 Å². The lowest BCUT2D eigenvalue weighted by Gasteiger charge is -2.10. The number of hydrogen-bond acceptors (Lipinski definition) is 4. The van der Waals surface area contributed by atoms with Crippen LogP contribution in [0.1, 0.15) is 26.6 Å². The highest BCUT2D eigenvalue weighted by molar-refractivity contribution is 7.09. The van der Waals surface area contributed by atoms with Crippen molar-refractivity contribution in [3.05, 3.63) is 69.7 Å². The molecule has 0 amide bonds. The lowest BCUT2D eigenvalue weighted by molar-refractivity contribution is 0.0729. The second-order valence-corrected chi connectivity index (χ2v) is 6.52. The molecule has 0 bridgehead atoms. The third-order valence-electron chi connectivity index (χ3n) is 3.96. The van der Waals surface area contributed by atoms with Gasteiger partial charge in [-0.1, -0.05) is 18.2 Å². The van der Waals surface area contributed by atoms with E-state index < -0.39 is 0 Å². The summed E-state index contributed by atoms with van der Waals surface area (Å²) < 4.78 is 12.9. The number of ether oxygens (including phenoxy) is 2. The number of aryl methyl sites for hydroxylation is 1. The number of carbonyl (C=O) groups is 1. The summed E-state index contributed by atoms with van der Waals surface area (Å²) in [6.07, 6.45) is 0. The maximum atomic E-state index is 12.6. The SMILES string of the molecule is COc1ccccc1OC(=O)c1cc(C)n(Cc2cccs2)c1C. The average Bonchev–Trinajstić information content (AvgIpc) is 3.19. The fraction of sp³-hybridized carbons (Fsp3) is 0.211. The highest BCUT2D eigenvalue weighted by atomic mass is 32.1. The van der Waals surface area contributed by atoms with Crippen molar-refractivity contribution in [3.8, 4) is 11.5 Å². The minimum atomic E-state index is -0.370. The van der Waals surface area contributed by atoms with Gasteiger partial charge in [-0.25, -0.2) is 4.79 Å². The first-order valence-corrected chi connectivity index (χ1v) is 8.52. The minimum absolute atomic E-state index is 0.370. The number of benzene rings is 1. The molecule has 0 atom stereocenters. The Bertz CT molecular complexity index is 850. The van der Waals surface area contributed by atoms with Crippen LogP contribution in [-0.4, -0.2) is 17.6 Å². The van der Waals surface area contributed by atoms with Crippen molar-refractivity contribution in [2.75, 3.05) is 7.11 Å². The molecule has 2 heterocycles. The van der Waals surface area contributed by atoms with Gasteiger partial charge in [-0.05, 0) is 43.5 Å². The average molecular weight is 341 g/mol. The van der Waals surface area contributed by atoms with Crippen LogP contribution < -0.4 is 9.47 Å². The number of esters is 1. The van der Waals surface area contributed by atoms with Gasteiger partial charge in [0.1, 0.15) is 0 Å². The highest BCUT2D eigenvalue weighted by Gasteiger charge is 2.19. The molecular formula is C19H19NO3S. The van der Waals surface area contributed by atoms with Crippen LogP contribution in [-0.2, 0) is 6.54 Å². The molecule has 0 saturated carbocycles. The van der Waals surface area contributed by atoms with E-state index in [0.717, 1.165) is 17.9 Å². The Kier molecular flexibility index (Phi) is 4.71. The van der Waals surface area contributed by atoms with Gasteiger partial charge in [-0.3, -0.25) is 0 Å². The molecule has 0 spiro atoms. The smallest absolute Gasteiger partial charge is 0.345 e. The van der Waals surface area contributed by atoms with E-state index in [4.69, 9.17) is 9.47 Å². The summed E-state index contributed by atoms with van der Waals surface area (Å²) in [6, 6.07) is 13.1. The largest absolute Gasteiger partial charge is 0.493 e. The lowest BCUT2D eigenvalue weighted by atomic mass is 10.2. The molecule has 0 aliphatic carbocycles. The molecular weight excluding hydrogens is 322 g/mol. The summed E-state index contributed by atoms with van der Waals surface area (Å²) in [6.45, 7) is 4.71. The summed E-state index contributed by atoms with van der Waals surface area (Å²) >= 11 is 1.71. The molecule has 124 valence electrons. The second kappa shape index (κ2) is 6.93. The van der Waals surface area contributed by atoms with E-state index in [1.54, 1.807) is 30.6 Å². The lowest BCUT2D eigenvalue weighted by Crippen LogP contribution is -2.11. The van der Waals surface area contributed by atoms with Crippen LogP contribution in [0.25, 0.3) is 0 Å². The van der Waals surface area contributed by atoms with Crippen molar-refractivity contribution in [2.24, 2.45) is 0 Å². The number of nitrogens with zero attached hydrogens (tertiary/aromatic N) is 1. The Balaban J connectivity index is 1.85. The molecule has 0 radical (unpaired) electrons. The molecule has 2 aromatic heterocycles. The molecule has 3 aromatic rings. The molecule has 0 fully saturated rings. The third kappa shape index (κ3) is 3.21. The first-order chi connectivity index (χ1) is 11.6. The van der Waals surface area contributed by atoms with Gasteiger partial charge in [-0.15, -0.1) is 11.3 Å². The van der Waals surface area contributed by atoms with Crippen LogP contribution in [0.4, 0.5) is 0 Å². The molecule has 24 heavy (non-hydrogen) atoms. The fourth-order valence-corrected chi connectivity index (χ4v) is 3.36. The number of methoxy groups -OCH3 is 1. The Morgan fingerprint density at radius 2 is 1.88 bits per heavy atom. The van der Waals surface area contributed by atoms with Crippen LogP contribution in [0.3, 0.4) is 0 Å². The van der Waals surface area contributed by atoms with Gasteiger partial charge < -0.3 is 14.0 Å². The minimum Gasteiger partial charge on any atom is -0.493 e. The van der Waals surface area contributed by atoms with Crippen molar-refractivity contribution in [2.45, 2.75) is 20.4 Å². The van der Waals surface area contributed by atoms with Crippen molar-refractivity contribution in [3.63, 3.8) is 0 Å². The fourth-order valence-electron chi connectivity index (χ4n) is 2.67. The van der Waals surface area contributed by atoms with E-state index in [0.29, 0.717) is 17.1 Å².